The van der Waals surface area contributed by atoms with E-state index in [1.165, 1.54) is 12.5 Å². The first kappa shape index (κ1) is 18.8. The molecule has 0 fully saturated rings. The lowest BCUT2D eigenvalue weighted by Crippen LogP contribution is -2.16. The zero-order valence-corrected chi connectivity index (χ0v) is 12.5. The smallest absolute Gasteiger partial charge is 0.334 e. The number of hydrogen-bond donors (Lipinski definition) is 0. The predicted octanol–water partition coefficient (Wildman–Crippen LogP) is 2.12. The molecule has 0 saturated carbocycles. The van der Waals surface area contributed by atoms with Crippen LogP contribution >= 0.6 is 0 Å². The highest BCUT2D eigenvalue weighted by Gasteiger charge is 2.14. The van der Waals surface area contributed by atoms with Gasteiger partial charge in [0.15, 0.2) is 0 Å². The molecule has 0 bridgehead atoms. The Labute approximate surface area is 125 Å². The number of allylic oxidation sites excluding steroid dienone is 2. The van der Waals surface area contributed by atoms with Gasteiger partial charge in [0.1, 0.15) is 26.4 Å². The maximum Gasteiger partial charge on any atom is 0.334 e. The van der Waals surface area contributed by atoms with Gasteiger partial charge in [-0.15, -0.1) is 0 Å². The lowest BCUT2D eigenvalue weighted by atomic mass is 10.2. The molecule has 0 aliphatic carbocycles. The summed E-state index contributed by atoms with van der Waals surface area (Å²) in [5.41, 5.74) is 0.0420. The van der Waals surface area contributed by atoms with Gasteiger partial charge in [0.2, 0.25) is 0 Å². The Bertz CT molecular complexity index is 384. The van der Waals surface area contributed by atoms with Crippen molar-refractivity contribution in [1.82, 2.24) is 0 Å². The number of esters is 2. The lowest BCUT2D eigenvalue weighted by molar-refractivity contribution is -0.147. The molecule has 0 heterocycles. The fourth-order valence-electron chi connectivity index (χ4n) is 1.11. The zero-order valence-electron chi connectivity index (χ0n) is 12.5. The molecule has 0 spiro atoms. The number of carbonyl (C=O) groups excluding carboxylic acids is 2. The standard InChI is InChI=1S/C15H22O6/c1-4-6-18-8-10-20-14(16)12-13(3)15(17)21-11-9-19-7-5-2/h4-7H,3,8-12H2,1-2H3/b6-4-,7-5-. The van der Waals surface area contributed by atoms with Crippen LogP contribution in [0, 0.1) is 0 Å². The molecule has 21 heavy (non-hydrogen) atoms. The maximum atomic E-state index is 11.5. The van der Waals surface area contributed by atoms with Crippen molar-refractivity contribution >= 4 is 11.9 Å². The molecule has 0 aromatic rings. The van der Waals surface area contributed by atoms with Gasteiger partial charge in [0, 0.05) is 5.57 Å². The van der Waals surface area contributed by atoms with E-state index in [-0.39, 0.29) is 38.4 Å². The average Bonchev–Trinajstić information content (AvgIpc) is 2.46. The van der Waals surface area contributed by atoms with Crippen molar-refractivity contribution in [2.24, 2.45) is 0 Å². The Hall–Kier alpha value is -2.24. The van der Waals surface area contributed by atoms with Crippen molar-refractivity contribution < 1.29 is 28.5 Å². The molecule has 0 rings (SSSR count). The summed E-state index contributed by atoms with van der Waals surface area (Å²) in [5, 5.41) is 0. The summed E-state index contributed by atoms with van der Waals surface area (Å²) >= 11 is 0. The van der Waals surface area contributed by atoms with E-state index in [4.69, 9.17) is 18.9 Å². The van der Waals surface area contributed by atoms with E-state index in [9.17, 15) is 9.59 Å². The third-order valence-electron chi connectivity index (χ3n) is 2.01. The summed E-state index contributed by atoms with van der Waals surface area (Å²) in [6.45, 7) is 7.82. The van der Waals surface area contributed by atoms with E-state index in [0.717, 1.165) is 0 Å². The maximum absolute atomic E-state index is 11.5. The summed E-state index contributed by atoms with van der Waals surface area (Å²) in [6, 6.07) is 0. The number of hydrogen-bond acceptors (Lipinski definition) is 6. The van der Waals surface area contributed by atoms with E-state index in [1.807, 2.05) is 13.8 Å². The van der Waals surface area contributed by atoms with Crippen LogP contribution in [0.4, 0.5) is 0 Å². The number of rotatable bonds is 11. The monoisotopic (exact) mass is 298 g/mol. The van der Waals surface area contributed by atoms with Crippen molar-refractivity contribution in [3.8, 4) is 0 Å². The highest BCUT2D eigenvalue weighted by atomic mass is 16.6. The molecule has 0 aliphatic heterocycles. The summed E-state index contributed by atoms with van der Waals surface area (Å²) < 4.78 is 19.7. The molecule has 0 atom stereocenters. The van der Waals surface area contributed by atoms with Crippen LogP contribution in [0.1, 0.15) is 20.3 Å². The minimum atomic E-state index is -0.638. The average molecular weight is 298 g/mol. The van der Waals surface area contributed by atoms with Crippen LogP contribution in [0.25, 0.3) is 0 Å². The fourth-order valence-corrected chi connectivity index (χ4v) is 1.11. The summed E-state index contributed by atoms with van der Waals surface area (Å²) in [6.07, 6.45) is 6.23. The van der Waals surface area contributed by atoms with Gasteiger partial charge < -0.3 is 18.9 Å². The third-order valence-corrected chi connectivity index (χ3v) is 2.01. The van der Waals surface area contributed by atoms with Crippen molar-refractivity contribution in [2.45, 2.75) is 20.3 Å². The van der Waals surface area contributed by atoms with Crippen LogP contribution in [-0.2, 0) is 28.5 Å². The van der Waals surface area contributed by atoms with Gasteiger partial charge in [-0.05, 0) is 13.8 Å². The van der Waals surface area contributed by atoms with Crippen molar-refractivity contribution in [3.63, 3.8) is 0 Å². The Morgan fingerprint density at radius 1 is 0.905 bits per heavy atom. The molecule has 0 aromatic heterocycles. The first-order valence-electron chi connectivity index (χ1n) is 6.57. The molecular weight excluding hydrogens is 276 g/mol. The van der Waals surface area contributed by atoms with Gasteiger partial charge in [-0.2, -0.15) is 0 Å². The highest BCUT2D eigenvalue weighted by Crippen LogP contribution is 2.03. The molecule has 0 N–H and O–H groups in total. The van der Waals surface area contributed by atoms with Gasteiger partial charge in [-0.3, -0.25) is 4.79 Å². The third kappa shape index (κ3) is 11.3. The second-order valence-electron chi connectivity index (χ2n) is 3.82. The first-order valence-corrected chi connectivity index (χ1v) is 6.57. The van der Waals surface area contributed by atoms with Gasteiger partial charge in [0.25, 0.3) is 0 Å². The molecule has 0 saturated heterocycles. The van der Waals surface area contributed by atoms with E-state index in [2.05, 4.69) is 6.58 Å². The molecule has 118 valence electrons. The van der Waals surface area contributed by atoms with Gasteiger partial charge in [-0.1, -0.05) is 18.7 Å². The normalized spacial score (nSPS) is 10.6. The quantitative estimate of drug-likeness (QED) is 0.252. The Kier molecular flexibility index (Phi) is 11.4. The molecule has 0 unspecified atom stereocenters. The zero-order chi connectivity index (χ0) is 15.9. The lowest BCUT2D eigenvalue weighted by Gasteiger charge is -2.07. The Morgan fingerprint density at radius 2 is 1.43 bits per heavy atom. The van der Waals surface area contributed by atoms with Crippen LogP contribution in [-0.4, -0.2) is 38.4 Å². The molecule has 6 nitrogen and oxygen atoms in total. The Morgan fingerprint density at radius 3 is 1.95 bits per heavy atom. The highest BCUT2D eigenvalue weighted by molar-refractivity contribution is 5.93. The van der Waals surface area contributed by atoms with Gasteiger partial charge >= 0.3 is 11.9 Å². The largest absolute Gasteiger partial charge is 0.498 e. The molecule has 0 aliphatic rings. The fraction of sp³-hybridized carbons (Fsp3) is 0.467. The van der Waals surface area contributed by atoms with E-state index >= 15 is 0 Å². The van der Waals surface area contributed by atoms with Gasteiger partial charge in [0.05, 0.1) is 18.9 Å². The second-order valence-corrected chi connectivity index (χ2v) is 3.82. The molecular formula is C15H22O6. The number of ether oxygens (including phenoxy) is 4. The summed E-state index contributed by atoms with van der Waals surface area (Å²) in [5.74, 6) is -1.19. The van der Waals surface area contributed by atoms with Crippen molar-refractivity contribution in [2.75, 3.05) is 26.4 Å². The van der Waals surface area contributed by atoms with Gasteiger partial charge in [-0.25, -0.2) is 4.79 Å². The minimum Gasteiger partial charge on any atom is -0.498 e. The molecule has 0 aromatic carbocycles. The van der Waals surface area contributed by atoms with Crippen LogP contribution in [0.5, 0.6) is 0 Å². The SMILES string of the molecule is C=C(CC(=O)OCCO/C=C\C)C(=O)OCCO/C=C\C. The Balaban J connectivity index is 3.74. The van der Waals surface area contributed by atoms with Crippen LogP contribution in [0.2, 0.25) is 0 Å². The topological polar surface area (TPSA) is 71.1 Å². The van der Waals surface area contributed by atoms with Crippen molar-refractivity contribution in [1.29, 1.82) is 0 Å². The molecule has 0 radical (unpaired) electrons. The van der Waals surface area contributed by atoms with E-state index in [0.29, 0.717) is 0 Å². The molecule has 0 amide bonds. The van der Waals surface area contributed by atoms with Crippen LogP contribution < -0.4 is 0 Å². The molecule has 6 heteroatoms. The first-order chi connectivity index (χ1) is 10.1. The van der Waals surface area contributed by atoms with Crippen molar-refractivity contribution in [3.05, 3.63) is 36.8 Å². The van der Waals surface area contributed by atoms with Crippen LogP contribution in [0.15, 0.2) is 36.8 Å². The summed E-state index contributed by atoms with van der Waals surface area (Å²) in [7, 11) is 0. The minimum absolute atomic E-state index is 0.0420. The second kappa shape index (κ2) is 12.8. The van der Waals surface area contributed by atoms with E-state index in [1.54, 1.807) is 12.2 Å². The van der Waals surface area contributed by atoms with E-state index < -0.39 is 11.9 Å². The summed E-state index contributed by atoms with van der Waals surface area (Å²) in [4.78, 5) is 22.9. The predicted molar refractivity (Wildman–Crippen MR) is 77.2 cm³/mol. The van der Waals surface area contributed by atoms with Crippen LogP contribution in [0.3, 0.4) is 0 Å². The number of carbonyl (C=O) groups is 2.